The summed E-state index contributed by atoms with van der Waals surface area (Å²) >= 11 is 0. The summed E-state index contributed by atoms with van der Waals surface area (Å²) < 4.78 is 4.71. The highest BCUT2D eigenvalue weighted by Gasteiger charge is 1.99. The second-order valence-electron chi connectivity index (χ2n) is 4.33. The summed E-state index contributed by atoms with van der Waals surface area (Å²) in [6, 6.07) is 0. The molecular formula is C15H30O2. The quantitative estimate of drug-likeness (QED) is 0.344. The maximum absolute atomic E-state index is 10.6. The normalized spacial score (nSPS) is 9.18. The summed E-state index contributed by atoms with van der Waals surface area (Å²) in [7, 11) is 0. The molecule has 102 valence electrons. The van der Waals surface area contributed by atoms with Crippen molar-refractivity contribution in [2.45, 2.75) is 72.6 Å². The summed E-state index contributed by atoms with van der Waals surface area (Å²) in [6.45, 7) is 12.0. The van der Waals surface area contributed by atoms with Gasteiger partial charge in [0.05, 0.1) is 6.61 Å². The highest BCUT2D eigenvalue weighted by Crippen LogP contribution is 2.03. The monoisotopic (exact) mass is 242 g/mol. The Morgan fingerprint density at radius 2 is 1.41 bits per heavy atom. The molecule has 0 heterocycles. The Morgan fingerprint density at radius 1 is 0.941 bits per heavy atom. The lowest BCUT2D eigenvalue weighted by Gasteiger charge is -1.99. The molecule has 0 aromatic carbocycles. The van der Waals surface area contributed by atoms with Crippen molar-refractivity contribution < 1.29 is 9.53 Å². The van der Waals surface area contributed by atoms with Gasteiger partial charge in [-0.3, -0.25) is 0 Å². The van der Waals surface area contributed by atoms with Crippen molar-refractivity contribution in [2.75, 3.05) is 6.61 Å². The Hall–Kier alpha value is -0.790. The van der Waals surface area contributed by atoms with Gasteiger partial charge in [-0.05, 0) is 13.3 Å². The van der Waals surface area contributed by atoms with Crippen LogP contribution in [-0.2, 0) is 9.53 Å². The van der Waals surface area contributed by atoms with Gasteiger partial charge < -0.3 is 4.74 Å². The minimum atomic E-state index is -0.295. The van der Waals surface area contributed by atoms with E-state index >= 15 is 0 Å². The van der Waals surface area contributed by atoms with Crippen molar-refractivity contribution in [3.8, 4) is 0 Å². The molecule has 0 aromatic rings. The molecule has 0 aromatic heterocycles. The molecular weight excluding hydrogens is 212 g/mol. The van der Waals surface area contributed by atoms with Gasteiger partial charge in [-0.1, -0.05) is 65.9 Å². The van der Waals surface area contributed by atoms with Gasteiger partial charge in [0.1, 0.15) is 0 Å². The van der Waals surface area contributed by atoms with Gasteiger partial charge in [0.15, 0.2) is 0 Å². The number of hydrogen-bond acceptors (Lipinski definition) is 2. The first-order valence-electron chi connectivity index (χ1n) is 6.92. The Labute approximate surface area is 107 Å². The molecule has 0 aliphatic carbocycles. The zero-order chi connectivity index (χ0) is 13.5. The third-order valence-corrected chi connectivity index (χ3v) is 2.24. The van der Waals surface area contributed by atoms with Crippen molar-refractivity contribution in [3.05, 3.63) is 12.2 Å². The summed E-state index contributed by atoms with van der Waals surface area (Å²) in [5.41, 5.74) is 0.462. The van der Waals surface area contributed by atoms with Crippen LogP contribution in [0.2, 0.25) is 0 Å². The third-order valence-electron chi connectivity index (χ3n) is 2.24. The molecule has 0 aliphatic heterocycles. The minimum Gasteiger partial charge on any atom is -0.462 e. The number of unbranched alkanes of at least 4 members (excludes halogenated alkanes) is 5. The van der Waals surface area contributed by atoms with Crippen LogP contribution < -0.4 is 0 Å². The molecule has 0 N–H and O–H groups in total. The lowest BCUT2D eigenvalue weighted by Crippen LogP contribution is -2.04. The Balaban J connectivity index is 0. The number of ether oxygens (including phenoxy) is 1. The Bertz CT molecular complexity index is 179. The largest absolute Gasteiger partial charge is 0.462 e. The van der Waals surface area contributed by atoms with E-state index in [2.05, 4.69) is 20.4 Å². The molecule has 2 heteroatoms. The van der Waals surface area contributed by atoms with Crippen LogP contribution in [0.15, 0.2) is 12.2 Å². The van der Waals surface area contributed by atoms with Crippen molar-refractivity contribution in [3.63, 3.8) is 0 Å². The number of rotatable bonds is 8. The van der Waals surface area contributed by atoms with Crippen molar-refractivity contribution in [1.29, 1.82) is 0 Å². The first kappa shape index (κ1) is 18.6. The van der Waals surface area contributed by atoms with Crippen LogP contribution in [0, 0.1) is 0 Å². The van der Waals surface area contributed by atoms with Crippen LogP contribution in [-0.4, -0.2) is 12.6 Å². The van der Waals surface area contributed by atoms with Crippen LogP contribution in [0.4, 0.5) is 0 Å². The molecule has 0 saturated heterocycles. The van der Waals surface area contributed by atoms with Gasteiger partial charge in [-0.2, -0.15) is 0 Å². The maximum Gasteiger partial charge on any atom is 0.333 e. The number of hydrogen-bond donors (Lipinski definition) is 0. The lowest BCUT2D eigenvalue weighted by atomic mass is 10.1. The van der Waals surface area contributed by atoms with E-state index in [1.807, 2.05) is 6.92 Å². The zero-order valence-corrected chi connectivity index (χ0v) is 12.2. The van der Waals surface area contributed by atoms with E-state index in [0.29, 0.717) is 12.2 Å². The van der Waals surface area contributed by atoms with Gasteiger partial charge in [0, 0.05) is 5.57 Å². The summed E-state index contributed by atoms with van der Waals surface area (Å²) in [6.07, 6.45) is 9.35. The van der Waals surface area contributed by atoms with E-state index < -0.39 is 0 Å². The van der Waals surface area contributed by atoms with E-state index in [9.17, 15) is 4.79 Å². The van der Waals surface area contributed by atoms with Crippen LogP contribution in [0.5, 0.6) is 0 Å². The number of esters is 1. The van der Waals surface area contributed by atoms with E-state index in [1.54, 1.807) is 6.92 Å². The molecule has 0 spiro atoms. The second-order valence-corrected chi connectivity index (χ2v) is 4.33. The molecule has 0 bridgehead atoms. The number of carbonyl (C=O) groups is 1. The number of carbonyl (C=O) groups excluding carboxylic acids is 1. The molecule has 0 rings (SSSR count). The minimum absolute atomic E-state index is 0.295. The molecule has 0 aliphatic rings. The SMILES string of the molecule is C=C(C)C(=O)OCCC.CCCCCCCC. The van der Waals surface area contributed by atoms with E-state index in [-0.39, 0.29) is 5.97 Å². The molecule has 0 fully saturated rings. The molecule has 0 saturated carbocycles. The molecule has 0 atom stereocenters. The van der Waals surface area contributed by atoms with Gasteiger partial charge in [-0.25, -0.2) is 4.79 Å². The molecule has 0 unspecified atom stereocenters. The molecule has 0 radical (unpaired) electrons. The standard InChI is InChI=1S/C8H18.C7H12O2/c1-3-5-7-8-6-4-2;1-4-5-9-7(8)6(2)3/h3-8H2,1-2H3;2,4-5H2,1,3H3. The lowest BCUT2D eigenvalue weighted by molar-refractivity contribution is -0.138. The van der Waals surface area contributed by atoms with Gasteiger partial charge in [0.25, 0.3) is 0 Å². The smallest absolute Gasteiger partial charge is 0.333 e. The van der Waals surface area contributed by atoms with E-state index in [4.69, 9.17) is 4.74 Å². The third kappa shape index (κ3) is 17.8. The summed E-state index contributed by atoms with van der Waals surface area (Å²) in [5.74, 6) is -0.295. The van der Waals surface area contributed by atoms with Crippen LogP contribution in [0.25, 0.3) is 0 Å². The average Bonchev–Trinajstić information content (AvgIpc) is 2.32. The fraction of sp³-hybridized carbons (Fsp3) is 0.800. The van der Waals surface area contributed by atoms with Crippen molar-refractivity contribution >= 4 is 5.97 Å². The first-order valence-corrected chi connectivity index (χ1v) is 6.92. The fourth-order valence-electron chi connectivity index (χ4n) is 1.17. The fourth-order valence-corrected chi connectivity index (χ4v) is 1.17. The van der Waals surface area contributed by atoms with E-state index in [0.717, 1.165) is 6.42 Å². The van der Waals surface area contributed by atoms with Crippen LogP contribution >= 0.6 is 0 Å². The van der Waals surface area contributed by atoms with Crippen molar-refractivity contribution in [1.82, 2.24) is 0 Å². The van der Waals surface area contributed by atoms with Crippen molar-refractivity contribution in [2.24, 2.45) is 0 Å². The first-order chi connectivity index (χ1) is 8.09. The maximum atomic E-state index is 10.6. The predicted octanol–water partition coefficient (Wildman–Crippen LogP) is 4.88. The van der Waals surface area contributed by atoms with Gasteiger partial charge in [-0.15, -0.1) is 0 Å². The average molecular weight is 242 g/mol. The topological polar surface area (TPSA) is 26.3 Å². The summed E-state index contributed by atoms with van der Waals surface area (Å²) in [5, 5.41) is 0. The van der Waals surface area contributed by atoms with Gasteiger partial charge in [0.2, 0.25) is 0 Å². The highest BCUT2D eigenvalue weighted by molar-refractivity contribution is 5.86. The van der Waals surface area contributed by atoms with Gasteiger partial charge >= 0.3 is 5.97 Å². The summed E-state index contributed by atoms with van der Waals surface area (Å²) in [4.78, 5) is 10.6. The predicted molar refractivity (Wildman–Crippen MR) is 75.1 cm³/mol. The van der Waals surface area contributed by atoms with Crippen LogP contribution in [0.1, 0.15) is 72.6 Å². The molecule has 2 nitrogen and oxygen atoms in total. The second kappa shape index (κ2) is 15.2. The molecule has 17 heavy (non-hydrogen) atoms. The Morgan fingerprint density at radius 3 is 1.71 bits per heavy atom. The molecule has 0 amide bonds. The zero-order valence-electron chi connectivity index (χ0n) is 12.2. The van der Waals surface area contributed by atoms with E-state index in [1.165, 1.54) is 38.5 Å². The Kier molecular flexibility index (Phi) is 16.6. The van der Waals surface area contributed by atoms with Crippen LogP contribution in [0.3, 0.4) is 0 Å². The highest BCUT2D eigenvalue weighted by atomic mass is 16.5.